The lowest BCUT2D eigenvalue weighted by Gasteiger charge is -2.29. The van der Waals surface area contributed by atoms with Gasteiger partial charge in [0.1, 0.15) is 0 Å². The number of fused-ring (bicyclic) bond motifs is 1. The van der Waals surface area contributed by atoms with Gasteiger partial charge in [0.15, 0.2) is 0 Å². The summed E-state index contributed by atoms with van der Waals surface area (Å²) in [5.74, 6) is -0.372. The number of aromatic nitrogens is 2. The van der Waals surface area contributed by atoms with Gasteiger partial charge in [-0.1, -0.05) is 60.7 Å². The van der Waals surface area contributed by atoms with Crippen LogP contribution in [0.3, 0.4) is 0 Å². The average Bonchev–Trinajstić information content (AvgIpc) is 4.30. The molecule has 2 saturated heterocycles. The molecule has 2 amide bonds. The van der Waals surface area contributed by atoms with Crippen LogP contribution < -0.4 is 9.80 Å². The first-order valence-corrected chi connectivity index (χ1v) is 24.3. The van der Waals surface area contributed by atoms with Crippen LogP contribution in [0.5, 0.6) is 0 Å². The van der Waals surface area contributed by atoms with E-state index in [9.17, 15) is 0 Å². The van der Waals surface area contributed by atoms with Gasteiger partial charge in [-0.3, -0.25) is 9.59 Å². The van der Waals surface area contributed by atoms with E-state index in [2.05, 4.69) is 116 Å². The number of hydrogen-bond donors (Lipinski definition) is 0. The van der Waals surface area contributed by atoms with E-state index >= 15 is 9.59 Å². The van der Waals surface area contributed by atoms with E-state index in [-0.39, 0.29) is 24.0 Å². The van der Waals surface area contributed by atoms with E-state index in [1.807, 2.05) is 120 Å². The third-order valence-corrected chi connectivity index (χ3v) is 13.8. The van der Waals surface area contributed by atoms with Crippen molar-refractivity contribution in [2.24, 2.45) is 0 Å². The third-order valence-electron chi connectivity index (χ3n) is 13.8. The number of ether oxygens (including phenoxy) is 2. The fourth-order valence-electron chi connectivity index (χ4n) is 10.5. The highest BCUT2D eigenvalue weighted by molar-refractivity contribution is 6.30. The quantitative estimate of drug-likeness (QED) is 0.108. The summed E-state index contributed by atoms with van der Waals surface area (Å²) in [6, 6.07) is 62.2. The second kappa shape index (κ2) is 18.7. The normalized spacial score (nSPS) is 17.8. The summed E-state index contributed by atoms with van der Waals surface area (Å²) < 4.78 is 16.5. The van der Waals surface area contributed by atoms with E-state index in [1.54, 1.807) is 0 Å². The number of rotatable bonds is 14. The predicted octanol–water partition coefficient (Wildman–Crippen LogP) is 12.4. The molecule has 12 rings (SSSR count). The van der Waals surface area contributed by atoms with Crippen LogP contribution in [0.2, 0.25) is 0 Å². The summed E-state index contributed by atoms with van der Waals surface area (Å²) in [5, 5.41) is 0. The van der Waals surface area contributed by atoms with Gasteiger partial charge in [0, 0.05) is 83.5 Å². The molecule has 2 fully saturated rings. The van der Waals surface area contributed by atoms with Crippen molar-refractivity contribution < 1.29 is 19.1 Å². The number of carbonyl (C=O) groups is 2. The standard InChI is InChI=1S/C60H52N6O4/c67-59-55-56(58(64(59)42-54-18-12-40-70-54)44-21-25-50(26-22-44)66(48-15-5-2-6-16-48)52-33-29-46(30-34-52)62-37-9-10-38-62)60(68)63(41-53-17-11-39-69-53)57(55)43-19-23-49(24-20-43)65(47-13-3-1-4-14-47)51-31-27-45(28-32-51)61-35-7-8-36-61/h1-10,13-16,19-38,53-54H,11-12,17-18,39-42H2. The van der Waals surface area contributed by atoms with E-state index in [4.69, 9.17) is 9.47 Å². The first kappa shape index (κ1) is 43.1. The molecule has 0 N–H and O–H groups in total. The smallest absolute Gasteiger partial charge is 0.261 e. The number of nitrogens with zero attached hydrogens (tertiary/aromatic N) is 6. The van der Waals surface area contributed by atoms with Crippen molar-refractivity contribution in [3.8, 4) is 11.4 Å². The molecule has 6 aromatic carbocycles. The van der Waals surface area contributed by atoms with Gasteiger partial charge >= 0.3 is 0 Å². The Balaban J connectivity index is 0.950. The molecule has 346 valence electrons. The van der Waals surface area contributed by atoms with E-state index in [0.717, 1.165) is 82.3 Å². The van der Waals surface area contributed by atoms with Crippen LogP contribution in [0.1, 0.15) is 36.8 Å². The van der Waals surface area contributed by atoms with Crippen molar-refractivity contribution in [3.05, 3.63) is 229 Å². The van der Waals surface area contributed by atoms with Gasteiger partial charge < -0.3 is 38.2 Å². The summed E-state index contributed by atoms with van der Waals surface area (Å²) in [4.78, 5) is 38.7. The minimum absolute atomic E-state index is 0.136. The summed E-state index contributed by atoms with van der Waals surface area (Å²) in [5.41, 5.74) is 11.7. The van der Waals surface area contributed by atoms with Crippen LogP contribution in [0.15, 0.2) is 218 Å². The minimum Gasteiger partial charge on any atom is -0.376 e. The van der Waals surface area contributed by atoms with Gasteiger partial charge in [-0.05, 0) is 158 Å². The van der Waals surface area contributed by atoms with Crippen LogP contribution in [0.25, 0.3) is 22.8 Å². The Morgan fingerprint density at radius 2 is 0.729 bits per heavy atom. The molecular weight excluding hydrogens is 869 g/mol. The Bertz CT molecular complexity index is 2950. The van der Waals surface area contributed by atoms with Crippen LogP contribution in [-0.2, 0) is 19.1 Å². The molecular formula is C60H52N6O4. The predicted molar refractivity (Wildman–Crippen MR) is 276 cm³/mol. The van der Waals surface area contributed by atoms with Crippen LogP contribution >= 0.6 is 0 Å². The SMILES string of the molecule is O=C1C2=C(c3ccc(N(c4ccccc4)c4ccc(-n5cccc5)cc4)cc3)N(CC3CCCO3)C(=O)C2=C(c2ccc(N(c3ccccc3)c3ccc(-n4cccc4)cc3)cc2)N1CC1CCCO1. The van der Waals surface area contributed by atoms with E-state index in [1.165, 1.54) is 0 Å². The van der Waals surface area contributed by atoms with Gasteiger partial charge in [-0.15, -0.1) is 0 Å². The number of anilines is 6. The van der Waals surface area contributed by atoms with Crippen molar-refractivity contribution in [1.29, 1.82) is 0 Å². The molecule has 8 aromatic rings. The molecule has 0 bridgehead atoms. The van der Waals surface area contributed by atoms with E-state index < -0.39 is 0 Å². The van der Waals surface area contributed by atoms with Crippen molar-refractivity contribution in [2.45, 2.75) is 37.9 Å². The highest BCUT2D eigenvalue weighted by Crippen LogP contribution is 2.48. The maximum absolute atomic E-state index is 15.3. The Morgan fingerprint density at radius 3 is 1.06 bits per heavy atom. The molecule has 10 heteroatoms. The topological polar surface area (TPSA) is 75.4 Å². The third kappa shape index (κ3) is 8.10. The number of carbonyl (C=O) groups excluding carboxylic acids is 2. The van der Waals surface area contributed by atoms with Crippen LogP contribution in [0.4, 0.5) is 34.1 Å². The largest absolute Gasteiger partial charge is 0.376 e. The minimum atomic E-state index is -0.186. The fraction of sp³-hybridized carbons (Fsp3) is 0.167. The Labute approximate surface area is 408 Å². The lowest BCUT2D eigenvalue weighted by Crippen LogP contribution is -2.36. The number of benzene rings is 6. The highest BCUT2D eigenvalue weighted by Gasteiger charge is 2.50. The molecule has 2 aromatic heterocycles. The maximum Gasteiger partial charge on any atom is 0.261 e. The molecule has 0 radical (unpaired) electrons. The van der Waals surface area contributed by atoms with Crippen molar-refractivity contribution in [3.63, 3.8) is 0 Å². The fourth-order valence-corrected chi connectivity index (χ4v) is 10.5. The Hall–Kier alpha value is -8.18. The highest BCUT2D eigenvalue weighted by atomic mass is 16.5. The molecule has 0 spiro atoms. The molecule has 6 heterocycles. The van der Waals surface area contributed by atoms with Gasteiger partial charge in [0.25, 0.3) is 11.8 Å². The molecule has 70 heavy (non-hydrogen) atoms. The Kier molecular flexibility index (Phi) is 11.5. The first-order chi connectivity index (χ1) is 34.6. The zero-order valence-corrected chi connectivity index (χ0v) is 38.8. The first-order valence-electron chi connectivity index (χ1n) is 24.3. The van der Waals surface area contributed by atoms with Crippen molar-refractivity contribution in [2.75, 3.05) is 36.1 Å². The zero-order valence-electron chi connectivity index (χ0n) is 38.8. The Morgan fingerprint density at radius 1 is 0.400 bits per heavy atom. The molecule has 10 nitrogen and oxygen atoms in total. The summed E-state index contributed by atoms with van der Waals surface area (Å²) in [6.07, 6.45) is 11.4. The average molecular weight is 921 g/mol. The summed E-state index contributed by atoms with van der Waals surface area (Å²) in [6.45, 7) is 2.02. The lowest BCUT2D eigenvalue weighted by atomic mass is 10.0. The van der Waals surface area contributed by atoms with Gasteiger partial charge in [0.2, 0.25) is 0 Å². The molecule has 4 aliphatic heterocycles. The molecule has 2 atom stereocenters. The zero-order chi connectivity index (χ0) is 47.0. The van der Waals surface area contributed by atoms with Gasteiger partial charge in [0.05, 0.1) is 47.8 Å². The molecule has 0 aliphatic carbocycles. The number of para-hydroxylation sites is 2. The molecule has 0 saturated carbocycles. The second-order valence-corrected chi connectivity index (χ2v) is 18.2. The van der Waals surface area contributed by atoms with Crippen molar-refractivity contribution in [1.82, 2.24) is 18.9 Å². The second-order valence-electron chi connectivity index (χ2n) is 18.2. The number of hydrogen-bond acceptors (Lipinski definition) is 6. The van der Waals surface area contributed by atoms with Gasteiger partial charge in [-0.2, -0.15) is 0 Å². The van der Waals surface area contributed by atoms with Crippen LogP contribution in [-0.4, -0.2) is 69.3 Å². The number of amides is 2. The summed E-state index contributed by atoms with van der Waals surface area (Å²) in [7, 11) is 0. The van der Waals surface area contributed by atoms with Crippen molar-refractivity contribution >= 4 is 57.3 Å². The summed E-state index contributed by atoms with van der Waals surface area (Å²) >= 11 is 0. The molecule has 2 unspecified atom stereocenters. The maximum atomic E-state index is 15.3. The van der Waals surface area contributed by atoms with Crippen LogP contribution in [0, 0.1) is 0 Å². The monoisotopic (exact) mass is 920 g/mol. The van der Waals surface area contributed by atoms with E-state index in [0.29, 0.717) is 48.8 Å². The van der Waals surface area contributed by atoms with Gasteiger partial charge in [-0.25, -0.2) is 0 Å². The lowest BCUT2D eigenvalue weighted by molar-refractivity contribution is -0.125. The molecule has 4 aliphatic rings.